The molecular formula is C24H28N2O3S. The molecule has 1 atom stereocenters. The lowest BCUT2D eigenvalue weighted by molar-refractivity contribution is 0.0791. The van der Waals surface area contributed by atoms with Gasteiger partial charge in [-0.25, -0.2) is 0 Å². The predicted molar refractivity (Wildman–Crippen MR) is 120 cm³/mol. The first-order chi connectivity index (χ1) is 14.6. The van der Waals surface area contributed by atoms with Crippen LogP contribution in [0.1, 0.15) is 52.0 Å². The number of hydrogen-bond acceptors (Lipinski definition) is 4. The third-order valence-electron chi connectivity index (χ3n) is 5.79. The summed E-state index contributed by atoms with van der Waals surface area (Å²) in [5.74, 6) is 0.747. The van der Waals surface area contributed by atoms with Crippen LogP contribution in [0.3, 0.4) is 0 Å². The van der Waals surface area contributed by atoms with E-state index in [1.54, 1.807) is 11.8 Å². The molecule has 2 saturated heterocycles. The van der Waals surface area contributed by atoms with Crippen molar-refractivity contribution < 1.29 is 14.3 Å². The molecule has 0 saturated carbocycles. The van der Waals surface area contributed by atoms with Crippen LogP contribution in [-0.2, 0) is 4.74 Å². The monoisotopic (exact) mass is 424 g/mol. The molecule has 2 aliphatic heterocycles. The fourth-order valence-corrected chi connectivity index (χ4v) is 5.14. The SMILES string of the molecule is Cc1c(NC(=O)c2ccccc2SCC2CCCO2)cccc1C(=O)N1CCCC1. The number of thioether (sulfide) groups is 1. The van der Waals surface area contributed by atoms with E-state index in [0.717, 1.165) is 61.6 Å². The van der Waals surface area contributed by atoms with Gasteiger partial charge in [-0.3, -0.25) is 9.59 Å². The highest BCUT2D eigenvalue weighted by Gasteiger charge is 2.23. The summed E-state index contributed by atoms with van der Waals surface area (Å²) in [7, 11) is 0. The Bertz CT molecular complexity index is 918. The molecule has 30 heavy (non-hydrogen) atoms. The molecule has 4 rings (SSSR count). The molecular weight excluding hydrogens is 396 g/mol. The molecule has 0 radical (unpaired) electrons. The van der Waals surface area contributed by atoms with Gasteiger partial charge in [0.2, 0.25) is 0 Å². The van der Waals surface area contributed by atoms with Crippen LogP contribution in [0.15, 0.2) is 47.4 Å². The van der Waals surface area contributed by atoms with Crippen LogP contribution >= 0.6 is 11.8 Å². The van der Waals surface area contributed by atoms with Crippen molar-refractivity contribution in [2.45, 2.75) is 43.6 Å². The zero-order valence-corrected chi connectivity index (χ0v) is 18.2. The van der Waals surface area contributed by atoms with Gasteiger partial charge in [0.1, 0.15) is 0 Å². The summed E-state index contributed by atoms with van der Waals surface area (Å²) < 4.78 is 5.71. The van der Waals surface area contributed by atoms with Crippen molar-refractivity contribution in [2.24, 2.45) is 0 Å². The van der Waals surface area contributed by atoms with Crippen LogP contribution < -0.4 is 5.32 Å². The lowest BCUT2D eigenvalue weighted by atomic mass is 10.0. The summed E-state index contributed by atoms with van der Waals surface area (Å²) in [6.07, 6.45) is 4.57. The number of carbonyl (C=O) groups excluding carboxylic acids is 2. The number of rotatable bonds is 6. The molecule has 2 amide bonds. The third kappa shape index (κ3) is 4.71. The highest BCUT2D eigenvalue weighted by Crippen LogP contribution is 2.28. The van der Waals surface area contributed by atoms with Gasteiger partial charge in [0, 0.05) is 41.6 Å². The minimum atomic E-state index is -0.153. The Balaban J connectivity index is 1.49. The standard InChI is InChI=1S/C24H28N2O3S/c1-17-19(24(28)26-13-4-5-14-26)10-6-11-21(17)25-23(27)20-9-2-3-12-22(20)30-16-18-8-7-15-29-18/h2-3,6,9-12,18H,4-5,7-8,13-16H2,1H3,(H,25,27). The molecule has 2 aromatic rings. The summed E-state index contributed by atoms with van der Waals surface area (Å²) >= 11 is 1.67. The van der Waals surface area contributed by atoms with Crippen molar-refractivity contribution in [1.29, 1.82) is 0 Å². The Morgan fingerprint density at radius 3 is 2.60 bits per heavy atom. The number of benzene rings is 2. The molecule has 158 valence electrons. The summed E-state index contributed by atoms with van der Waals surface area (Å²) in [6, 6.07) is 13.2. The Hall–Kier alpha value is -2.31. The smallest absolute Gasteiger partial charge is 0.256 e. The van der Waals surface area contributed by atoms with Crippen LogP contribution in [0.2, 0.25) is 0 Å². The maximum Gasteiger partial charge on any atom is 0.256 e. The Labute approximate surface area is 182 Å². The van der Waals surface area contributed by atoms with Gasteiger partial charge in [-0.15, -0.1) is 11.8 Å². The Morgan fingerprint density at radius 1 is 1.07 bits per heavy atom. The highest BCUT2D eigenvalue weighted by molar-refractivity contribution is 7.99. The minimum absolute atomic E-state index is 0.0496. The van der Waals surface area contributed by atoms with E-state index >= 15 is 0 Å². The van der Waals surface area contributed by atoms with E-state index in [1.807, 2.05) is 54.3 Å². The van der Waals surface area contributed by atoms with E-state index in [0.29, 0.717) is 16.8 Å². The fourth-order valence-electron chi connectivity index (χ4n) is 4.02. The first kappa shape index (κ1) is 20.9. The summed E-state index contributed by atoms with van der Waals surface area (Å²) in [4.78, 5) is 28.8. The maximum atomic E-state index is 13.1. The summed E-state index contributed by atoms with van der Waals surface area (Å²) in [5, 5.41) is 3.03. The molecule has 1 unspecified atom stereocenters. The quantitative estimate of drug-likeness (QED) is 0.680. The van der Waals surface area contributed by atoms with Gasteiger partial charge in [-0.05, 0) is 62.4 Å². The van der Waals surface area contributed by atoms with E-state index in [2.05, 4.69) is 5.32 Å². The molecule has 5 nitrogen and oxygen atoms in total. The number of anilines is 1. The second-order valence-corrected chi connectivity index (χ2v) is 8.94. The maximum absolute atomic E-state index is 13.1. The molecule has 2 aliphatic rings. The van der Waals surface area contributed by atoms with Crippen LogP contribution in [0.4, 0.5) is 5.69 Å². The number of likely N-dealkylation sites (tertiary alicyclic amines) is 1. The van der Waals surface area contributed by atoms with Crippen molar-refractivity contribution in [1.82, 2.24) is 4.90 Å². The van der Waals surface area contributed by atoms with E-state index in [4.69, 9.17) is 4.74 Å². The van der Waals surface area contributed by atoms with Gasteiger partial charge in [0.25, 0.3) is 11.8 Å². The molecule has 0 aromatic heterocycles. The summed E-state index contributed by atoms with van der Waals surface area (Å²) in [6.45, 7) is 4.35. The van der Waals surface area contributed by atoms with E-state index < -0.39 is 0 Å². The number of amides is 2. The van der Waals surface area contributed by atoms with E-state index in [1.165, 1.54) is 0 Å². The van der Waals surface area contributed by atoms with Crippen LogP contribution in [0.5, 0.6) is 0 Å². The molecule has 2 fully saturated rings. The second kappa shape index (κ2) is 9.67. The number of ether oxygens (including phenoxy) is 1. The van der Waals surface area contributed by atoms with Crippen LogP contribution in [-0.4, -0.2) is 48.3 Å². The molecule has 0 bridgehead atoms. The third-order valence-corrected chi connectivity index (χ3v) is 6.99. The van der Waals surface area contributed by atoms with Crippen molar-refractivity contribution in [2.75, 3.05) is 30.8 Å². The summed E-state index contributed by atoms with van der Waals surface area (Å²) in [5.41, 5.74) is 2.81. The topological polar surface area (TPSA) is 58.6 Å². The molecule has 0 spiro atoms. The molecule has 0 aliphatic carbocycles. The molecule has 6 heteroatoms. The van der Waals surface area contributed by atoms with E-state index in [-0.39, 0.29) is 17.9 Å². The van der Waals surface area contributed by atoms with Gasteiger partial charge in [-0.2, -0.15) is 0 Å². The zero-order chi connectivity index (χ0) is 20.9. The Morgan fingerprint density at radius 2 is 1.83 bits per heavy atom. The van der Waals surface area contributed by atoms with Gasteiger partial charge >= 0.3 is 0 Å². The lowest BCUT2D eigenvalue weighted by Crippen LogP contribution is -2.28. The zero-order valence-electron chi connectivity index (χ0n) is 17.4. The molecule has 2 heterocycles. The first-order valence-corrected chi connectivity index (χ1v) is 11.7. The second-order valence-electron chi connectivity index (χ2n) is 7.87. The fraction of sp³-hybridized carbons (Fsp3) is 0.417. The van der Waals surface area contributed by atoms with Gasteiger partial charge in [-0.1, -0.05) is 18.2 Å². The first-order valence-electron chi connectivity index (χ1n) is 10.7. The average Bonchev–Trinajstić information content (AvgIpc) is 3.48. The van der Waals surface area contributed by atoms with E-state index in [9.17, 15) is 9.59 Å². The van der Waals surface area contributed by atoms with Gasteiger partial charge < -0.3 is 15.0 Å². The van der Waals surface area contributed by atoms with Crippen LogP contribution in [0.25, 0.3) is 0 Å². The number of nitrogens with one attached hydrogen (secondary N) is 1. The largest absolute Gasteiger partial charge is 0.377 e. The van der Waals surface area contributed by atoms with Gasteiger partial charge in [0.15, 0.2) is 0 Å². The molecule has 2 aromatic carbocycles. The average molecular weight is 425 g/mol. The van der Waals surface area contributed by atoms with Crippen molar-refractivity contribution >= 4 is 29.3 Å². The number of carbonyl (C=O) groups is 2. The Kier molecular flexibility index (Phi) is 6.75. The van der Waals surface area contributed by atoms with Crippen molar-refractivity contribution in [3.63, 3.8) is 0 Å². The predicted octanol–water partition coefficient (Wildman–Crippen LogP) is 4.75. The highest BCUT2D eigenvalue weighted by atomic mass is 32.2. The van der Waals surface area contributed by atoms with Crippen molar-refractivity contribution in [3.8, 4) is 0 Å². The lowest BCUT2D eigenvalue weighted by Gasteiger charge is -2.18. The van der Waals surface area contributed by atoms with Crippen LogP contribution in [0, 0.1) is 6.92 Å². The normalized spacial score (nSPS) is 18.6. The number of hydrogen-bond donors (Lipinski definition) is 1. The molecule has 1 N–H and O–H groups in total. The van der Waals surface area contributed by atoms with Crippen molar-refractivity contribution in [3.05, 3.63) is 59.2 Å². The minimum Gasteiger partial charge on any atom is -0.377 e. The number of nitrogens with zero attached hydrogens (tertiary/aromatic N) is 1. The van der Waals surface area contributed by atoms with Gasteiger partial charge in [0.05, 0.1) is 11.7 Å².